The molecular weight excluding hydrogens is 154 g/mol. The smallest absolute Gasteiger partial charge is 0.253 e. The van der Waals surface area contributed by atoms with Crippen LogP contribution in [0.5, 0.6) is 0 Å². The third-order valence-electron chi connectivity index (χ3n) is 1.43. The second kappa shape index (κ2) is 3.21. The van der Waals surface area contributed by atoms with Gasteiger partial charge in [-0.05, 0) is 12.1 Å². The van der Waals surface area contributed by atoms with Crippen LogP contribution in [0.25, 0.3) is 0 Å². The zero-order chi connectivity index (χ0) is 9.14. The first kappa shape index (κ1) is 8.52. The number of hydrogen-bond acceptors (Lipinski definition) is 3. The standard InChI is InChI=1S/C8H11N3O/c1-11(2)8(12)6-3-4-10-7(9)5-6/h3-5H,1-2H3,(H2,9,10). The minimum atomic E-state index is -0.0656. The summed E-state index contributed by atoms with van der Waals surface area (Å²) >= 11 is 0. The second-order valence-electron chi connectivity index (χ2n) is 2.67. The Morgan fingerprint density at radius 3 is 2.75 bits per heavy atom. The van der Waals surface area contributed by atoms with Crippen LogP contribution in [-0.4, -0.2) is 29.9 Å². The van der Waals surface area contributed by atoms with Gasteiger partial charge in [0.25, 0.3) is 5.91 Å². The largest absolute Gasteiger partial charge is 0.384 e. The summed E-state index contributed by atoms with van der Waals surface area (Å²) in [6.45, 7) is 0. The molecule has 0 saturated carbocycles. The first-order valence-corrected chi connectivity index (χ1v) is 3.54. The lowest BCUT2D eigenvalue weighted by Gasteiger charge is -2.09. The Morgan fingerprint density at radius 2 is 2.25 bits per heavy atom. The van der Waals surface area contributed by atoms with E-state index in [1.165, 1.54) is 11.1 Å². The number of rotatable bonds is 1. The SMILES string of the molecule is CN(C)C(=O)c1ccnc(N)c1. The van der Waals surface area contributed by atoms with E-state index >= 15 is 0 Å². The number of aromatic nitrogens is 1. The number of carbonyl (C=O) groups excluding carboxylic acids is 1. The van der Waals surface area contributed by atoms with Crippen LogP contribution in [0, 0.1) is 0 Å². The molecule has 0 aliphatic rings. The number of hydrogen-bond donors (Lipinski definition) is 1. The molecule has 12 heavy (non-hydrogen) atoms. The summed E-state index contributed by atoms with van der Waals surface area (Å²) in [5.74, 6) is 0.298. The van der Waals surface area contributed by atoms with Crippen molar-refractivity contribution in [2.75, 3.05) is 19.8 Å². The van der Waals surface area contributed by atoms with Gasteiger partial charge in [-0.25, -0.2) is 4.98 Å². The fraction of sp³-hybridized carbons (Fsp3) is 0.250. The summed E-state index contributed by atoms with van der Waals surface area (Å²) in [5.41, 5.74) is 5.98. The van der Waals surface area contributed by atoms with Gasteiger partial charge in [0.1, 0.15) is 5.82 Å². The van der Waals surface area contributed by atoms with Gasteiger partial charge in [0.05, 0.1) is 0 Å². The third-order valence-corrected chi connectivity index (χ3v) is 1.43. The monoisotopic (exact) mass is 165 g/mol. The van der Waals surface area contributed by atoms with Crippen LogP contribution in [0.2, 0.25) is 0 Å². The van der Waals surface area contributed by atoms with Crippen molar-refractivity contribution >= 4 is 11.7 Å². The maximum absolute atomic E-state index is 11.3. The molecule has 1 aromatic rings. The fourth-order valence-electron chi connectivity index (χ4n) is 0.840. The lowest BCUT2D eigenvalue weighted by Crippen LogP contribution is -2.21. The Balaban J connectivity index is 2.96. The molecule has 1 heterocycles. The fourth-order valence-corrected chi connectivity index (χ4v) is 0.840. The molecule has 0 radical (unpaired) electrons. The predicted molar refractivity (Wildman–Crippen MR) is 46.7 cm³/mol. The van der Waals surface area contributed by atoms with E-state index in [0.717, 1.165) is 0 Å². The first-order chi connectivity index (χ1) is 5.61. The van der Waals surface area contributed by atoms with E-state index in [1.807, 2.05) is 0 Å². The van der Waals surface area contributed by atoms with Crippen molar-refractivity contribution in [3.63, 3.8) is 0 Å². The Bertz CT molecular complexity index is 296. The number of pyridine rings is 1. The van der Waals surface area contributed by atoms with Gasteiger partial charge in [-0.1, -0.05) is 0 Å². The van der Waals surface area contributed by atoms with Gasteiger partial charge in [0.15, 0.2) is 0 Å². The first-order valence-electron chi connectivity index (χ1n) is 3.54. The molecule has 0 spiro atoms. The average molecular weight is 165 g/mol. The van der Waals surface area contributed by atoms with Crippen molar-refractivity contribution in [3.05, 3.63) is 23.9 Å². The summed E-state index contributed by atoms with van der Waals surface area (Å²) in [6.07, 6.45) is 1.52. The van der Waals surface area contributed by atoms with Gasteiger partial charge in [0, 0.05) is 25.9 Å². The van der Waals surface area contributed by atoms with Gasteiger partial charge < -0.3 is 10.6 Å². The van der Waals surface area contributed by atoms with Crippen molar-refractivity contribution in [3.8, 4) is 0 Å². The molecule has 4 heteroatoms. The zero-order valence-corrected chi connectivity index (χ0v) is 7.11. The lowest BCUT2D eigenvalue weighted by molar-refractivity contribution is 0.0827. The molecular formula is C8H11N3O. The summed E-state index contributed by atoms with van der Waals surface area (Å²) < 4.78 is 0. The Labute approximate surface area is 71.0 Å². The van der Waals surface area contributed by atoms with E-state index in [0.29, 0.717) is 11.4 Å². The highest BCUT2D eigenvalue weighted by atomic mass is 16.2. The minimum Gasteiger partial charge on any atom is -0.384 e. The highest BCUT2D eigenvalue weighted by Gasteiger charge is 2.06. The molecule has 4 nitrogen and oxygen atoms in total. The molecule has 0 bridgehead atoms. The van der Waals surface area contributed by atoms with Crippen molar-refractivity contribution in [2.45, 2.75) is 0 Å². The molecule has 0 aromatic carbocycles. The van der Waals surface area contributed by atoms with E-state index in [4.69, 9.17) is 5.73 Å². The number of nitrogens with two attached hydrogens (primary N) is 1. The highest BCUT2D eigenvalue weighted by molar-refractivity contribution is 5.94. The molecule has 0 saturated heterocycles. The molecule has 0 unspecified atom stereocenters. The third kappa shape index (κ3) is 1.72. The number of anilines is 1. The molecule has 0 aliphatic heterocycles. The van der Waals surface area contributed by atoms with Crippen LogP contribution in [-0.2, 0) is 0 Å². The molecule has 64 valence electrons. The normalized spacial score (nSPS) is 9.50. The van der Waals surface area contributed by atoms with Crippen molar-refractivity contribution < 1.29 is 4.79 Å². The van der Waals surface area contributed by atoms with E-state index in [9.17, 15) is 4.79 Å². The maximum Gasteiger partial charge on any atom is 0.253 e. The van der Waals surface area contributed by atoms with Gasteiger partial charge in [-0.3, -0.25) is 4.79 Å². The minimum absolute atomic E-state index is 0.0656. The van der Waals surface area contributed by atoms with E-state index in [2.05, 4.69) is 4.98 Å². The molecule has 1 amide bonds. The number of nitrogen functional groups attached to an aromatic ring is 1. The molecule has 1 aromatic heterocycles. The number of carbonyl (C=O) groups is 1. The van der Waals surface area contributed by atoms with Gasteiger partial charge in [0.2, 0.25) is 0 Å². The number of amides is 1. The number of nitrogens with zero attached hydrogens (tertiary/aromatic N) is 2. The van der Waals surface area contributed by atoms with Gasteiger partial charge >= 0.3 is 0 Å². The van der Waals surface area contributed by atoms with Crippen molar-refractivity contribution in [1.29, 1.82) is 0 Å². The maximum atomic E-state index is 11.3. The zero-order valence-electron chi connectivity index (χ0n) is 7.11. The molecule has 0 fully saturated rings. The van der Waals surface area contributed by atoms with Crippen LogP contribution >= 0.6 is 0 Å². The Kier molecular flexibility index (Phi) is 2.28. The highest BCUT2D eigenvalue weighted by Crippen LogP contribution is 2.04. The van der Waals surface area contributed by atoms with Crippen LogP contribution in [0.4, 0.5) is 5.82 Å². The van der Waals surface area contributed by atoms with Crippen LogP contribution in [0.15, 0.2) is 18.3 Å². The van der Waals surface area contributed by atoms with Crippen molar-refractivity contribution in [1.82, 2.24) is 9.88 Å². The van der Waals surface area contributed by atoms with E-state index in [-0.39, 0.29) is 5.91 Å². The quantitative estimate of drug-likeness (QED) is 0.653. The van der Waals surface area contributed by atoms with Crippen LogP contribution in [0.1, 0.15) is 10.4 Å². The summed E-state index contributed by atoms with van der Waals surface area (Å²) in [6, 6.07) is 3.20. The average Bonchev–Trinajstić information content (AvgIpc) is 2.03. The lowest BCUT2D eigenvalue weighted by atomic mass is 10.2. The Morgan fingerprint density at radius 1 is 1.58 bits per heavy atom. The molecule has 0 atom stereocenters. The topological polar surface area (TPSA) is 59.2 Å². The summed E-state index contributed by atoms with van der Waals surface area (Å²) in [7, 11) is 3.39. The summed E-state index contributed by atoms with van der Waals surface area (Å²) in [4.78, 5) is 16.6. The Hall–Kier alpha value is -1.58. The van der Waals surface area contributed by atoms with Crippen LogP contribution < -0.4 is 5.73 Å². The predicted octanol–water partition coefficient (Wildman–Crippen LogP) is 0.366. The molecule has 2 N–H and O–H groups in total. The van der Waals surface area contributed by atoms with Gasteiger partial charge in [-0.2, -0.15) is 0 Å². The molecule has 1 rings (SSSR count). The van der Waals surface area contributed by atoms with E-state index < -0.39 is 0 Å². The second-order valence-corrected chi connectivity index (χ2v) is 2.67. The van der Waals surface area contributed by atoms with Crippen LogP contribution in [0.3, 0.4) is 0 Å². The summed E-state index contributed by atoms with van der Waals surface area (Å²) in [5, 5.41) is 0. The molecule has 0 aliphatic carbocycles. The van der Waals surface area contributed by atoms with Crippen molar-refractivity contribution in [2.24, 2.45) is 0 Å². The van der Waals surface area contributed by atoms with Gasteiger partial charge in [-0.15, -0.1) is 0 Å². The van der Waals surface area contributed by atoms with E-state index in [1.54, 1.807) is 26.2 Å².